The molecule has 8 heteroatoms. The average Bonchev–Trinajstić information content (AvgIpc) is 2.81. The summed E-state index contributed by atoms with van der Waals surface area (Å²) >= 11 is 13.2. The van der Waals surface area contributed by atoms with Crippen LogP contribution in [0.2, 0.25) is 10.0 Å². The predicted octanol–water partition coefficient (Wildman–Crippen LogP) is 3.28. The van der Waals surface area contributed by atoms with Crippen molar-refractivity contribution in [3.63, 3.8) is 0 Å². The molecular formula is C11H9Cl2N3O2S. The zero-order valence-corrected chi connectivity index (χ0v) is 11.8. The summed E-state index contributed by atoms with van der Waals surface area (Å²) < 4.78 is 0. The minimum atomic E-state index is -1.14. The van der Waals surface area contributed by atoms with Crippen LogP contribution in [0.3, 0.4) is 0 Å². The van der Waals surface area contributed by atoms with Crippen molar-refractivity contribution >= 4 is 51.3 Å². The topological polar surface area (TPSA) is 88.2 Å². The highest BCUT2D eigenvalue weighted by Crippen LogP contribution is 2.33. The van der Waals surface area contributed by atoms with Gasteiger partial charge in [-0.05, 0) is 12.1 Å². The van der Waals surface area contributed by atoms with Gasteiger partial charge >= 0.3 is 5.97 Å². The maximum absolute atomic E-state index is 10.8. The lowest BCUT2D eigenvalue weighted by atomic mass is 10.2. The van der Waals surface area contributed by atoms with E-state index in [4.69, 9.17) is 34.0 Å². The largest absolute Gasteiger partial charge is 0.480 e. The molecule has 0 bridgehead atoms. The van der Waals surface area contributed by atoms with Crippen LogP contribution in [0.5, 0.6) is 0 Å². The Labute approximate surface area is 123 Å². The van der Waals surface area contributed by atoms with E-state index in [0.717, 1.165) is 0 Å². The normalized spacial score (nSPS) is 12.2. The molecule has 0 saturated carbocycles. The summed E-state index contributed by atoms with van der Waals surface area (Å²) in [5.74, 6) is -1.13. The number of carbonyl (C=O) groups is 1. The Morgan fingerprint density at radius 1 is 1.42 bits per heavy atom. The van der Waals surface area contributed by atoms with E-state index >= 15 is 0 Å². The first kappa shape index (κ1) is 14.1. The smallest absolute Gasteiger partial charge is 0.326 e. The number of anilines is 2. The first-order valence-electron chi connectivity index (χ1n) is 5.14. The standard InChI is InChI=1S/C11H9Cl2N3O2S/c12-5-2-1-3-6(13)9(5)16-11-15-7(4-19-11)8(14)10(17)18/h1-4,8H,14H2,(H,15,16)(H,17,18). The predicted molar refractivity (Wildman–Crippen MR) is 76.4 cm³/mol. The maximum Gasteiger partial charge on any atom is 0.326 e. The molecule has 0 amide bonds. The summed E-state index contributed by atoms with van der Waals surface area (Å²) in [5.41, 5.74) is 6.27. The molecular weight excluding hydrogens is 309 g/mol. The first-order chi connectivity index (χ1) is 8.99. The summed E-state index contributed by atoms with van der Waals surface area (Å²) in [7, 11) is 0. The molecule has 4 N–H and O–H groups in total. The molecule has 0 saturated heterocycles. The minimum Gasteiger partial charge on any atom is -0.480 e. The van der Waals surface area contributed by atoms with Crippen LogP contribution in [-0.2, 0) is 4.79 Å². The Balaban J connectivity index is 2.23. The van der Waals surface area contributed by atoms with Crippen LogP contribution < -0.4 is 11.1 Å². The third-order valence-electron chi connectivity index (χ3n) is 2.30. The van der Waals surface area contributed by atoms with Gasteiger partial charge in [-0.15, -0.1) is 11.3 Å². The molecule has 1 aromatic carbocycles. The summed E-state index contributed by atoms with van der Waals surface area (Å²) in [4.78, 5) is 14.8. The maximum atomic E-state index is 10.8. The van der Waals surface area contributed by atoms with Gasteiger partial charge in [0.05, 0.1) is 21.4 Å². The third-order valence-corrected chi connectivity index (χ3v) is 3.71. The van der Waals surface area contributed by atoms with Gasteiger partial charge in [-0.2, -0.15) is 0 Å². The molecule has 1 heterocycles. The number of hydrogen-bond donors (Lipinski definition) is 3. The molecule has 0 aliphatic carbocycles. The minimum absolute atomic E-state index is 0.281. The zero-order valence-electron chi connectivity index (χ0n) is 9.43. The number of halogens is 2. The van der Waals surface area contributed by atoms with Crippen molar-refractivity contribution < 1.29 is 9.90 Å². The van der Waals surface area contributed by atoms with Crippen LogP contribution in [0, 0.1) is 0 Å². The number of rotatable bonds is 4. The number of aliphatic carboxylic acids is 1. The lowest BCUT2D eigenvalue weighted by Gasteiger charge is -2.07. The van der Waals surface area contributed by atoms with E-state index < -0.39 is 12.0 Å². The molecule has 0 radical (unpaired) electrons. The van der Waals surface area contributed by atoms with Crippen LogP contribution in [-0.4, -0.2) is 16.1 Å². The Morgan fingerprint density at radius 2 is 2.05 bits per heavy atom. The molecule has 0 aliphatic rings. The van der Waals surface area contributed by atoms with Crippen molar-refractivity contribution in [2.24, 2.45) is 5.73 Å². The number of aromatic nitrogens is 1. The molecule has 2 rings (SSSR count). The van der Waals surface area contributed by atoms with Gasteiger partial charge in [0, 0.05) is 5.38 Å². The number of para-hydroxylation sites is 1. The van der Waals surface area contributed by atoms with Crippen molar-refractivity contribution in [1.29, 1.82) is 0 Å². The van der Waals surface area contributed by atoms with Gasteiger partial charge in [-0.1, -0.05) is 29.3 Å². The summed E-state index contributed by atoms with van der Waals surface area (Å²) in [6.45, 7) is 0. The lowest BCUT2D eigenvalue weighted by molar-refractivity contribution is -0.138. The SMILES string of the molecule is NC(C(=O)O)c1csc(Nc2c(Cl)cccc2Cl)n1. The number of hydrogen-bond acceptors (Lipinski definition) is 5. The van der Waals surface area contributed by atoms with Crippen molar-refractivity contribution in [3.05, 3.63) is 39.3 Å². The quantitative estimate of drug-likeness (QED) is 0.805. The van der Waals surface area contributed by atoms with Crippen LogP contribution >= 0.6 is 34.5 Å². The fourth-order valence-corrected chi connectivity index (χ4v) is 2.58. The van der Waals surface area contributed by atoms with E-state index in [-0.39, 0.29) is 5.69 Å². The molecule has 100 valence electrons. The summed E-state index contributed by atoms with van der Waals surface area (Å²) in [5, 5.41) is 14.7. The summed E-state index contributed by atoms with van der Waals surface area (Å²) in [6.07, 6.45) is 0. The van der Waals surface area contributed by atoms with Crippen LogP contribution in [0.25, 0.3) is 0 Å². The second-order valence-electron chi connectivity index (χ2n) is 3.62. The van der Waals surface area contributed by atoms with Crippen molar-refractivity contribution in [2.45, 2.75) is 6.04 Å². The van der Waals surface area contributed by atoms with E-state index in [9.17, 15) is 4.79 Å². The Kier molecular flexibility index (Phi) is 4.26. The highest BCUT2D eigenvalue weighted by atomic mass is 35.5. The third kappa shape index (κ3) is 3.16. The number of thiazole rings is 1. The number of carboxylic acids is 1. The van der Waals surface area contributed by atoms with Gasteiger partial charge in [0.25, 0.3) is 0 Å². The molecule has 1 atom stereocenters. The highest BCUT2D eigenvalue weighted by molar-refractivity contribution is 7.13. The Morgan fingerprint density at radius 3 is 2.63 bits per heavy atom. The van der Waals surface area contributed by atoms with E-state index in [1.165, 1.54) is 11.3 Å². The van der Waals surface area contributed by atoms with Crippen molar-refractivity contribution in [2.75, 3.05) is 5.32 Å². The van der Waals surface area contributed by atoms with Gasteiger partial charge in [0.1, 0.15) is 6.04 Å². The number of nitrogens with two attached hydrogens (primary N) is 1. The Hall–Kier alpha value is -1.34. The van der Waals surface area contributed by atoms with E-state index in [0.29, 0.717) is 20.9 Å². The molecule has 0 aliphatic heterocycles. The van der Waals surface area contributed by atoms with Gasteiger partial charge in [0.15, 0.2) is 5.13 Å². The molecule has 19 heavy (non-hydrogen) atoms. The van der Waals surface area contributed by atoms with Gasteiger partial charge in [0.2, 0.25) is 0 Å². The highest BCUT2D eigenvalue weighted by Gasteiger charge is 2.18. The number of carboxylic acid groups (broad SMARTS) is 1. The molecule has 2 aromatic rings. The first-order valence-corrected chi connectivity index (χ1v) is 6.77. The van der Waals surface area contributed by atoms with Gasteiger partial charge < -0.3 is 16.2 Å². The Bertz CT molecular complexity index is 597. The van der Waals surface area contributed by atoms with E-state index in [1.54, 1.807) is 23.6 Å². The fourth-order valence-electron chi connectivity index (χ4n) is 1.34. The molecule has 1 aromatic heterocycles. The second kappa shape index (κ2) is 5.75. The van der Waals surface area contributed by atoms with Crippen LogP contribution in [0.1, 0.15) is 11.7 Å². The lowest BCUT2D eigenvalue weighted by Crippen LogP contribution is -2.20. The van der Waals surface area contributed by atoms with E-state index in [1.807, 2.05) is 0 Å². The van der Waals surface area contributed by atoms with E-state index in [2.05, 4.69) is 10.3 Å². The average molecular weight is 318 g/mol. The van der Waals surface area contributed by atoms with Gasteiger partial charge in [-0.25, -0.2) is 4.98 Å². The number of nitrogens with one attached hydrogen (secondary N) is 1. The van der Waals surface area contributed by atoms with Gasteiger partial charge in [-0.3, -0.25) is 4.79 Å². The zero-order chi connectivity index (χ0) is 14.0. The monoisotopic (exact) mass is 317 g/mol. The van der Waals surface area contributed by atoms with Crippen LogP contribution in [0.15, 0.2) is 23.6 Å². The number of benzene rings is 1. The molecule has 1 unspecified atom stereocenters. The van der Waals surface area contributed by atoms with Crippen molar-refractivity contribution in [1.82, 2.24) is 4.98 Å². The fraction of sp³-hybridized carbons (Fsp3) is 0.0909. The molecule has 5 nitrogen and oxygen atoms in total. The molecule has 0 spiro atoms. The summed E-state index contributed by atoms with van der Waals surface area (Å²) in [6, 6.07) is 3.96. The van der Waals surface area contributed by atoms with Crippen LogP contribution in [0.4, 0.5) is 10.8 Å². The number of nitrogens with zero attached hydrogens (tertiary/aromatic N) is 1. The second-order valence-corrected chi connectivity index (χ2v) is 5.29. The van der Waals surface area contributed by atoms with Crippen molar-refractivity contribution in [3.8, 4) is 0 Å². The molecule has 0 fully saturated rings.